The first-order valence-electron chi connectivity index (χ1n) is 3.67. The van der Waals surface area contributed by atoms with Crippen LogP contribution in [0.15, 0.2) is 22.4 Å². The smallest absolute Gasteiger partial charge is 0.151 e. The normalized spacial score (nSPS) is 10.5. The molecule has 0 saturated carbocycles. The minimum atomic E-state index is 0.648. The lowest BCUT2D eigenvalue weighted by molar-refractivity contribution is 0.112. The van der Waals surface area contributed by atoms with Crippen LogP contribution in [0.2, 0.25) is 0 Å². The third-order valence-electron chi connectivity index (χ3n) is 1.88. The second-order valence-corrected chi connectivity index (χ2v) is 4.11. The zero-order valence-corrected chi connectivity index (χ0v) is 8.36. The Morgan fingerprint density at radius 1 is 1.46 bits per heavy atom. The van der Waals surface area contributed by atoms with Crippen molar-refractivity contribution in [1.82, 2.24) is 0 Å². The molecule has 2 aromatic rings. The van der Waals surface area contributed by atoms with Gasteiger partial charge in [-0.05, 0) is 12.1 Å². The number of nitrogen functional groups attached to an aromatic ring is 1. The summed E-state index contributed by atoms with van der Waals surface area (Å²) in [6.45, 7) is 0. The van der Waals surface area contributed by atoms with E-state index < -0.39 is 0 Å². The molecule has 0 bridgehead atoms. The van der Waals surface area contributed by atoms with E-state index in [0.29, 0.717) is 16.1 Å². The second kappa shape index (κ2) is 3.05. The standard InChI is InChI=1S/C9H7NOS2/c10-7-2-9-6(1-8(7)12)5(3-11)4-13-9/h1-4,12H,10H2. The third-order valence-corrected chi connectivity index (χ3v) is 3.23. The molecule has 2 nitrogen and oxygen atoms in total. The number of thiol groups is 1. The van der Waals surface area contributed by atoms with Gasteiger partial charge in [-0.2, -0.15) is 0 Å². The first-order valence-corrected chi connectivity index (χ1v) is 5.00. The minimum Gasteiger partial charge on any atom is -0.398 e. The van der Waals surface area contributed by atoms with E-state index in [0.717, 1.165) is 16.4 Å². The molecule has 0 aliphatic carbocycles. The van der Waals surface area contributed by atoms with E-state index in [9.17, 15) is 4.79 Å². The fraction of sp³-hybridized carbons (Fsp3) is 0. The van der Waals surface area contributed by atoms with Gasteiger partial charge in [0.2, 0.25) is 0 Å². The third kappa shape index (κ3) is 1.32. The van der Waals surface area contributed by atoms with Crippen molar-refractivity contribution >= 4 is 46.0 Å². The van der Waals surface area contributed by atoms with Gasteiger partial charge in [0.1, 0.15) is 0 Å². The first-order chi connectivity index (χ1) is 6.22. The SMILES string of the molecule is Nc1cc2scc(C=O)c2cc1S. The summed E-state index contributed by atoms with van der Waals surface area (Å²) in [5.74, 6) is 0. The molecule has 0 radical (unpaired) electrons. The van der Waals surface area contributed by atoms with E-state index in [2.05, 4.69) is 12.6 Å². The van der Waals surface area contributed by atoms with Crippen LogP contribution in [0.3, 0.4) is 0 Å². The van der Waals surface area contributed by atoms with E-state index in [1.807, 2.05) is 17.5 Å². The van der Waals surface area contributed by atoms with Gasteiger partial charge >= 0.3 is 0 Å². The number of anilines is 1. The van der Waals surface area contributed by atoms with Crippen LogP contribution in [0.1, 0.15) is 10.4 Å². The van der Waals surface area contributed by atoms with Crippen LogP contribution in [0.25, 0.3) is 10.1 Å². The summed E-state index contributed by atoms with van der Waals surface area (Å²) in [5, 5.41) is 2.75. The van der Waals surface area contributed by atoms with Gasteiger partial charge in [0, 0.05) is 31.6 Å². The molecule has 0 unspecified atom stereocenters. The highest BCUT2D eigenvalue weighted by Crippen LogP contribution is 2.30. The van der Waals surface area contributed by atoms with Crippen molar-refractivity contribution < 1.29 is 4.79 Å². The number of hydrogen-bond acceptors (Lipinski definition) is 4. The Labute approximate surface area is 84.8 Å². The van der Waals surface area contributed by atoms with E-state index >= 15 is 0 Å². The van der Waals surface area contributed by atoms with Gasteiger partial charge < -0.3 is 5.73 Å². The van der Waals surface area contributed by atoms with Gasteiger partial charge in [0.05, 0.1) is 0 Å². The van der Waals surface area contributed by atoms with Crippen molar-refractivity contribution in [3.63, 3.8) is 0 Å². The molecule has 0 aliphatic rings. The Morgan fingerprint density at radius 3 is 2.92 bits per heavy atom. The van der Waals surface area contributed by atoms with Crippen molar-refractivity contribution in [3.8, 4) is 0 Å². The van der Waals surface area contributed by atoms with Gasteiger partial charge in [-0.15, -0.1) is 24.0 Å². The summed E-state index contributed by atoms with van der Waals surface area (Å²) in [5.41, 5.74) is 7.03. The van der Waals surface area contributed by atoms with Crippen molar-refractivity contribution in [2.24, 2.45) is 0 Å². The Bertz CT molecular complexity index is 476. The van der Waals surface area contributed by atoms with E-state index in [-0.39, 0.29) is 0 Å². The summed E-state index contributed by atoms with van der Waals surface area (Å²) >= 11 is 5.71. The number of thiophene rings is 1. The van der Waals surface area contributed by atoms with E-state index in [1.54, 1.807) is 0 Å². The lowest BCUT2D eigenvalue weighted by Gasteiger charge is -1.98. The molecule has 66 valence electrons. The summed E-state index contributed by atoms with van der Waals surface area (Å²) in [6.07, 6.45) is 0.849. The largest absolute Gasteiger partial charge is 0.398 e. The first kappa shape index (κ1) is 8.59. The van der Waals surface area contributed by atoms with E-state index in [4.69, 9.17) is 5.73 Å². The number of aldehydes is 1. The van der Waals surface area contributed by atoms with Crippen LogP contribution in [0.4, 0.5) is 5.69 Å². The average molecular weight is 209 g/mol. The highest BCUT2D eigenvalue weighted by molar-refractivity contribution is 7.80. The molecule has 1 aromatic carbocycles. The molecule has 0 atom stereocenters. The van der Waals surface area contributed by atoms with Gasteiger partial charge in [-0.25, -0.2) is 0 Å². The van der Waals surface area contributed by atoms with Crippen molar-refractivity contribution in [1.29, 1.82) is 0 Å². The van der Waals surface area contributed by atoms with E-state index in [1.165, 1.54) is 11.3 Å². The zero-order chi connectivity index (χ0) is 9.42. The van der Waals surface area contributed by atoms with Crippen LogP contribution >= 0.6 is 24.0 Å². The lowest BCUT2D eigenvalue weighted by atomic mass is 10.2. The van der Waals surface area contributed by atoms with Crippen LogP contribution in [0, 0.1) is 0 Å². The predicted molar refractivity (Wildman–Crippen MR) is 58.9 cm³/mol. The van der Waals surface area contributed by atoms with Crippen LogP contribution < -0.4 is 5.73 Å². The Balaban J connectivity index is 2.84. The fourth-order valence-corrected chi connectivity index (χ4v) is 2.32. The van der Waals surface area contributed by atoms with Gasteiger partial charge in [0.15, 0.2) is 6.29 Å². The molecule has 1 aromatic heterocycles. The molecule has 0 spiro atoms. The second-order valence-electron chi connectivity index (χ2n) is 2.72. The summed E-state index contributed by atoms with van der Waals surface area (Å²) in [7, 11) is 0. The quantitative estimate of drug-likeness (QED) is 0.430. The number of carbonyl (C=O) groups excluding carboxylic acids is 1. The molecule has 2 rings (SSSR count). The number of nitrogens with two attached hydrogens (primary N) is 1. The number of carbonyl (C=O) groups is 1. The molecular formula is C9H7NOS2. The molecule has 0 amide bonds. The Kier molecular flexibility index (Phi) is 2.01. The molecule has 13 heavy (non-hydrogen) atoms. The zero-order valence-electron chi connectivity index (χ0n) is 6.65. The molecule has 2 N–H and O–H groups in total. The molecule has 0 fully saturated rings. The number of rotatable bonds is 1. The molecule has 0 saturated heterocycles. The molecular weight excluding hydrogens is 202 g/mol. The van der Waals surface area contributed by atoms with Crippen LogP contribution in [0.5, 0.6) is 0 Å². The lowest BCUT2D eigenvalue weighted by Crippen LogP contribution is -1.86. The molecule has 4 heteroatoms. The minimum absolute atomic E-state index is 0.648. The maximum absolute atomic E-state index is 10.6. The topological polar surface area (TPSA) is 43.1 Å². The van der Waals surface area contributed by atoms with Crippen LogP contribution in [-0.4, -0.2) is 6.29 Å². The Hall–Kier alpha value is -1.00. The Morgan fingerprint density at radius 2 is 2.23 bits per heavy atom. The van der Waals surface area contributed by atoms with Gasteiger partial charge in [-0.1, -0.05) is 0 Å². The molecule has 0 aliphatic heterocycles. The number of benzene rings is 1. The maximum atomic E-state index is 10.6. The van der Waals surface area contributed by atoms with Crippen molar-refractivity contribution in [2.75, 3.05) is 5.73 Å². The summed E-state index contributed by atoms with van der Waals surface area (Å²) < 4.78 is 1.03. The van der Waals surface area contributed by atoms with Crippen molar-refractivity contribution in [2.45, 2.75) is 4.90 Å². The number of fused-ring (bicyclic) bond motifs is 1. The number of hydrogen-bond donors (Lipinski definition) is 2. The molecule has 1 heterocycles. The summed E-state index contributed by atoms with van der Waals surface area (Å²) in [6, 6.07) is 3.67. The monoisotopic (exact) mass is 209 g/mol. The average Bonchev–Trinajstić information content (AvgIpc) is 2.48. The van der Waals surface area contributed by atoms with Crippen molar-refractivity contribution in [3.05, 3.63) is 23.1 Å². The van der Waals surface area contributed by atoms with Crippen LogP contribution in [-0.2, 0) is 0 Å². The van der Waals surface area contributed by atoms with Gasteiger partial charge in [0.25, 0.3) is 0 Å². The fourth-order valence-electron chi connectivity index (χ4n) is 1.19. The summed E-state index contributed by atoms with van der Waals surface area (Å²) in [4.78, 5) is 11.3. The predicted octanol–water partition coefficient (Wildman–Crippen LogP) is 2.58. The maximum Gasteiger partial charge on any atom is 0.151 e. The highest BCUT2D eigenvalue weighted by atomic mass is 32.1. The van der Waals surface area contributed by atoms with Gasteiger partial charge in [-0.3, -0.25) is 4.79 Å². The highest BCUT2D eigenvalue weighted by Gasteiger charge is 2.05.